The number of carbonyl (C=O) groups is 2. The first kappa shape index (κ1) is 15.6. The van der Waals surface area contributed by atoms with Crippen LogP contribution in [0.2, 0.25) is 0 Å². The van der Waals surface area contributed by atoms with E-state index in [0.717, 1.165) is 16.5 Å². The van der Waals surface area contributed by atoms with Crippen molar-refractivity contribution >= 4 is 22.8 Å². The number of ether oxygens (including phenoxy) is 1. The van der Waals surface area contributed by atoms with Gasteiger partial charge in [-0.05, 0) is 13.0 Å². The van der Waals surface area contributed by atoms with Crippen molar-refractivity contribution in [1.29, 1.82) is 0 Å². The van der Waals surface area contributed by atoms with Crippen LogP contribution in [0.25, 0.3) is 10.9 Å². The Labute approximate surface area is 135 Å². The van der Waals surface area contributed by atoms with Crippen LogP contribution in [0, 0.1) is 0 Å². The lowest BCUT2D eigenvalue weighted by atomic mass is 10.1. The minimum atomic E-state index is -0.268. The SMILES string of the molecule is CCOC(=O)N1CCN(CC(=O)c2c[nH]c3ccccc23)CC1. The molecule has 6 nitrogen and oxygen atoms in total. The first-order valence-corrected chi connectivity index (χ1v) is 7.92. The third-order valence-electron chi connectivity index (χ3n) is 4.16. The van der Waals surface area contributed by atoms with Gasteiger partial charge in [-0.3, -0.25) is 9.69 Å². The number of ketones is 1. The topological polar surface area (TPSA) is 65.6 Å². The van der Waals surface area contributed by atoms with Gasteiger partial charge in [-0.2, -0.15) is 0 Å². The Morgan fingerprint density at radius 1 is 1.17 bits per heavy atom. The fourth-order valence-electron chi connectivity index (χ4n) is 2.89. The van der Waals surface area contributed by atoms with Gasteiger partial charge in [0.2, 0.25) is 0 Å². The number of hydrogen-bond acceptors (Lipinski definition) is 4. The van der Waals surface area contributed by atoms with E-state index in [1.807, 2.05) is 24.3 Å². The third kappa shape index (κ3) is 3.37. The Hall–Kier alpha value is -2.34. The molecule has 1 aromatic carbocycles. The summed E-state index contributed by atoms with van der Waals surface area (Å²) in [7, 11) is 0. The van der Waals surface area contributed by atoms with Crippen molar-refractivity contribution in [3.8, 4) is 0 Å². The van der Waals surface area contributed by atoms with Crippen molar-refractivity contribution in [2.75, 3.05) is 39.3 Å². The number of nitrogens with zero attached hydrogens (tertiary/aromatic N) is 2. The molecule has 0 bridgehead atoms. The standard InChI is InChI=1S/C17H21N3O3/c1-2-23-17(22)20-9-7-19(8-10-20)12-16(21)14-11-18-15-6-4-3-5-13(14)15/h3-6,11,18H,2,7-10,12H2,1H3. The molecular weight excluding hydrogens is 294 g/mol. The first-order valence-electron chi connectivity index (χ1n) is 7.92. The van der Waals surface area contributed by atoms with E-state index in [1.54, 1.807) is 18.0 Å². The molecule has 6 heteroatoms. The highest BCUT2D eigenvalue weighted by Gasteiger charge is 2.24. The van der Waals surface area contributed by atoms with Gasteiger partial charge in [0.25, 0.3) is 0 Å². The molecule has 23 heavy (non-hydrogen) atoms. The second-order valence-electron chi connectivity index (χ2n) is 5.63. The monoisotopic (exact) mass is 315 g/mol. The van der Waals surface area contributed by atoms with Crippen molar-refractivity contribution in [2.24, 2.45) is 0 Å². The molecule has 2 heterocycles. The average molecular weight is 315 g/mol. The van der Waals surface area contributed by atoms with Crippen molar-refractivity contribution in [1.82, 2.24) is 14.8 Å². The van der Waals surface area contributed by atoms with Crippen molar-refractivity contribution < 1.29 is 14.3 Å². The molecule has 1 aliphatic heterocycles. The first-order chi connectivity index (χ1) is 11.2. The van der Waals surface area contributed by atoms with Gasteiger partial charge in [-0.25, -0.2) is 4.79 Å². The Kier molecular flexibility index (Phi) is 4.62. The molecular formula is C17H21N3O3. The van der Waals surface area contributed by atoms with Crippen LogP contribution >= 0.6 is 0 Å². The Bertz CT molecular complexity index is 702. The number of aromatic nitrogens is 1. The van der Waals surface area contributed by atoms with E-state index in [4.69, 9.17) is 4.74 Å². The summed E-state index contributed by atoms with van der Waals surface area (Å²) in [5.74, 6) is 0.104. The number of piperazine rings is 1. The van der Waals surface area contributed by atoms with Gasteiger partial charge in [0.15, 0.2) is 5.78 Å². The van der Waals surface area contributed by atoms with Crippen LogP contribution in [0.5, 0.6) is 0 Å². The summed E-state index contributed by atoms with van der Waals surface area (Å²) in [5, 5.41) is 0.961. The lowest BCUT2D eigenvalue weighted by molar-refractivity contribution is 0.0734. The molecule has 1 N–H and O–H groups in total. The highest BCUT2D eigenvalue weighted by Crippen LogP contribution is 2.18. The predicted octanol–water partition coefficient (Wildman–Crippen LogP) is 2.12. The zero-order valence-electron chi connectivity index (χ0n) is 13.2. The minimum absolute atomic E-state index is 0.104. The number of hydrogen-bond donors (Lipinski definition) is 1. The van der Waals surface area contributed by atoms with Gasteiger partial charge in [-0.15, -0.1) is 0 Å². The fraction of sp³-hybridized carbons (Fsp3) is 0.412. The van der Waals surface area contributed by atoms with Crippen LogP contribution in [-0.4, -0.2) is 66.0 Å². The lowest BCUT2D eigenvalue weighted by Gasteiger charge is -2.33. The molecule has 122 valence electrons. The average Bonchev–Trinajstić information content (AvgIpc) is 3.00. The molecule has 1 aliphatic rings. The normalized spacial score (nSPS) is 15.8. The lowest BCUT2D eigenvalue weighted by Crippen LogP contribution is -2.50. The minimum Gasteiger partial charge on any atom is -0.450 e. The number of carbonyl (C=O) groups excluding carboxylic acids is 2. The molecule has 1 aromatic heterocycles. The number of Topliss-reactive ketones (excluding diaryl/α,β-unsaturated/α-hetero) is 1. The zero-order valence-corrected chi connectivity index (χ0v) is 13.2. The quantitative estimate of drug-likeness (QED) is 0.878. The van der Waals surface area contributed by atoms with Gasteiger partial charge in [0.1, 0.15) is 0 Å². The number of H-pyrrole nitrogens is 1. The van der Waals surface area contributed by atoms with E-state index >= 15 is 0 Å². The van der Waals surface area contributed by atoms with E-state index in [0.29, 0.717) is 39.3 Å². The van der Waals surface area contributed by atoms with E-state index in [-0.39, 0.29) is 11.9 Å². The molecule has 0 aliphatic carbocycles. The van der Waals surface area contributed by atoms with Crippen molar-refractivity contribution in [2.45, 2.75) is 6.92 Å². The molecule has 0 spiro atoms. The number of rotatable bonds is 4. The predicted molar refractivity (Wildman–Crippen MR) is 87.7 cm³/mol. The highest BCUT2D eigenvalue weighted by molar-refractivity contribution is 6.08. The van der Waals surface area contributed by atoms with Crippen molar-refractivity contribution in [3.63, 3.8) is 0 Å². The number of benzene rings is 1. The van der Waals surface area contributed by atoms with Crippen LogP contribution in [0.4, 0.5) is 4.79 Å². The molecule has 1 fully saturated rings. The number of fused-ring (bicyclic) bond motifs is 1. The van der Waals surface area contributed by atoms with Crippen LogP contribution in [0.3, 0.4) is 0 Å². The molecule has 0 unspecified atom stereocenters. The van der Waals surface area contributed by atoms with Gasteiger partial charge >= 0.3 is 6.09 Å². The Morgan fingerprint density at radius 2 is 1.91 bits per heavy atom. The maximum absolute atomic E-state index is 12.5. The third-order valence-corrected chi connectivity index (χ3v) is 4.16. The second-order valence-corrected chi connectivity index (χ2v) is 5.63. The van der Waals surface area contributed by atoms with Gasteiger partial charge in [0, 0.05) is 48.8 Å². The fourth-order valence-corrected chi connectivity index (χ4v) is 2.89. The molecule has 0 radical (unpaired) electrons. The van der Waals surface area contributed by atoms with Crippen LogP contribution < -0.4 is 0 Å². The van der Waals surface area contributed by atoms with E-state index in [2.05, 4.69) is 9.88 Å². The highest BCUT2D eigenvalue weighted by atomic mass is 16.6. The molecule has 0 atom stereocenters. The summed E-state index contributed by atoms with van der Waals surface area (Å²) in [5.41, 5.74) is 1.71. The summed E-state index contributed by atoms with van der Waals surface area (Å²) in [6, 6.07) is 7.80. The van der Waals surface area contributed by atoms with Gasteiger partial charge in [-0.1, -0.05) is 18.2 Å². The number of aromatic amines is 1. The van der Waals surface area contributed by atoms with Crippen LogP contribution in [0.15, 0.2) is 30.5 Å². The number of para-hydroxylation sites is 1. The Balaban J connectivity index is 1.58. The number of nitrogens with one attached hydrogen (secondary N) is 1. The smallest absolute Gasteiger partial charge is 0.409 e. The summed E-state index contributed by atoms with van der Waals surface area (Å²) >= 11 is 0. The maximum atomic E-state index is 12.5. The largest absolute Gasteiger partial charge is 0.450 e. The summed E-state index contributed by atoms with van der Waals surface area (Å²) < 4.78 is 5.00. The molecule has 2 aromatic rings. The number of amides is 1. The van der Waals surface area contributed by atoms with E-state index < -0.39 is 0 Å². The molecule has 0 saturated carbocycles. The zero-order chi connectivity index (χ0) is 16.2. The molecule has 1 amide bonds. The second kappa shape index (κ2) is 6.83. The van der Waals surface area contributed by atoms with E-state index in [9.17, 15) is 9.59 Å². The van der Waals surface area contributed by atoms with E-state index in [1.165, 1.54) is 0 Å². The summed E-state index contributed by atoms with van der Waals surface area (Å²) in [6.07, 6.45) is 1.51. The maximum Gasteiger partial charge on any atom is 0.409 e. The van der Waals surface area contributed by atoms with Crippen LogP contribution in [0.1, 0.15) is 17.3 Å². The van der Waals surface area contributed by atoms with Crippen molar-refractivity contribution in [3.05, 3.63) is 36.0 Å². The Morgan fingerprint density at radius 3 is 2.65 bits per heavy atom. The summed E-state index contributed by atoms with van der Waals surface area (Å²) in [6.45, 7) is 5.13. The van der Waals surface area contributed by atoms with Gasteiger partial charge in [0.05, 0.1) is 13.2 Å². The molecule has 3 rings (SSSR count). The molecule has 1 saturated heterocycles. The van der Waals surface area contributed by atoms with Crippen LogP contribution in [-0.2, 0) is 4.74 Å². The summed E-state index contributed by atoms with van der Waals surface area (Å²) in [4.78, 5) is 31.1. The van der Waals surface area contributed by atoms with Gasteiger partial charge < -0.3 is 14.6 Å².